The standard InChI is InChI=1S/C22H21N3O/c1-14-8-9-19(15(2)10-14)24-22-23-13-18-20(25-22)11-17(12-21(18)26)16-6-4-3-5-7-16/h3-10,13,17H,11-12H2,1-2H3,(H,23,24,25)/t17-/m0/s1. The Morgan fingerprint density at radius 2 is 1.85 bits per heavy atom. The highest BCUT2D eigenvalue weighted by Crippen LogP contribution is 2.32. The van der Waals surface area contributed by atoms with Crippen LogP contribution in [0.3, 0.4) is 0 Å². The van der Waals surface area contributed by atoms with E-state index in [9.17, 15) is 4.79 Å². The van der Waals surface area contributed by atoms with Crippen molar-refractivity contribution < 1.29 is 4.79 Å². The summed E-state index contributed by atoms with van der Waals surface area (Å²) in [6.45, 7) is 4.13. The minimum Gasteiger partial charge on any atom is -0.324 e. The molecule has 1 aliphatic carbocycles. The number of nitrogens with one attached hydrogen (secondary N) is 1. The van der Waals surface area contributed by atoms with Gasteiger partial charge in [0.25, 0.3) is 0 Å². The molecule has 1 aromatic heterocycles. The lowest BCUT2D eigenvalue weighted by atomic mass is 9.82. The number of aromatic nitrogens is 2. The number of aryl methyl sites for hydroxylation is 2. The van der Waals surface area contributed by atoms with Gasteiger partial charge in [-0.15, -0.1) is 0 Å². The van der Waals surface area contributed by atoms with Gasteiger partial charge in [-0.25, -0.2) is 9.97 Å². The Hall–Kier alpha value is -3.01. The van der Waals surface area contributed by atoms with Crippen LogP contribution < -0.4 is 5.32 Å². The van der Waals surface area contributed by atoms with E-state index in [1.54, 1.807) is 6.20 Å². The van der Waals surface area contributed by atoms with E-state index in [1.807, 2.05) is 24.3 Å². The first-order valence-electron chi connectivity index (χ1n) is 8.88. The van der Waals surface area contributed by atoms with E-state index in [4.69, 9.17) is 0 Å². The zero-order chi connectivity index (χ0) is 18.1. The van der Waals surface area contributed by atoms with Crippen LogP contribution in [0.1, 0.15) is 45.1 Å². The van der Waals surface area contributed by atoms with E-state index in [-0.39, 0.29) is 11.7 Å². The van der Waals surface area contributed by atoms with Gasteiger partial charge < -0.3 is 5.32 Å². The largest absolute Gasteiger partial charge is 0.324 e. The Kier molecular flexibility index (Phi) is 4.25. The van der Waals surface area contributed by atoms with Gasteiger partial charge in [-0.05, 0) is 43.4 Å². The topological polar surface area (TPSA) is 54.9 Å². The fraction of sp³-hybridized carbons (Fsp3) is 0.227. The van der Waals surface area contributed by atoms with Gasteiger partial charge in [-0.2, -0.15) is 0 Å². The van der Waals surface area contributed by atoms with E-state index < -0.39 is 0 Å². The molecule has 1 aliphatic rings. The normalized spacial score (nSPS) is 16.2. The predicted molar refractivity (Wildman–Crippen MR) is 103 cm³/mol. The van der Waals surface area contributed by atoms with Gasteiger partial charge in [0.2, 0.25) is 5.95 Å². The third-order valence-corrected chi connectivity index (χ3v) is 4.94. The highest BCUT2D eigenvalue weighted by Gasteiger charge is 2.28. The molecule has 1 atom stereocenters. The van der Waals surface area contributed by atoms with Crippen molar-refractivity contribution in [1.82, 2.24) is 9.97 Å². The lowest BCUT2D eigenvalue weighted by Gasteiger charge is -2.23. The fourth-order valence-corrected chi connectivity index (χ4v) is 3.54. The molecular weight excluding hydrogens is 322 g/mol. The number of hydrogen-bond donors (Lipinski definition) is 1. The number of benzene rings is 2. The molecule has 1 N–H and O–H groups in total. The number of anilines is 2. The van der Waals surface area contributed by atoms with Crippen molar-refractivity contribution in [1.29, 1.82) is 0 Å². The van der Waals surface area contributed by atoms with Crippen molar-refractivity contribution in [2.45, 2.75) is 32.6 Å². The second kappa shape index (κ2) is 6.71. The van der Waals surface area contributed by atoms with Crippen LogP contribution in [-0.4, -0.2) is 15.8 Å². The van der Waals surface area contributed by atoms with Crippen LogP contribution in [0, 0.1) is 13.8 Å². The fourth-order valence-electron chi connectivity index (χ4n) is 3.54. The van der Waals surface area contributed by atoms with Crippen molar-refractivity contribution in [3.05, 3.63) is 82.7 Å². The molecule has 0 spiro atoms. The van der Waals surface area contributed by atoms with Crippen LogP contribution in [0.4, 0.5) is 11.6 Å². The quantitative estimate of drug-likeness (QED) is 0.745. The van der Waals surface area contributed by atoms with Crippen molar-refractivity contribution in [3.63, 3.8) is 0 Å². The van der Waals surface area contributed by atoms with Crippen molar-refractivity contribution in [2.24, 2.45) is 0 Å². The number of nitrogens with zero attached hydrogens (tertiary/aromatic N) is 2. The zero-order valence-corrected chi connectivity index (χ0v) is 15.0. The summed E-state index contributed by atoms with van der Waals surface area (Å²) in [5.74, 6) is 0.843. The summed E-state index contributed by atoms with van der Waals surface area (Å²) in [7, 11) is 0. The SMILES string of the molecule is Cc1ccc(Nc2ncc3c(n2)C[C@H](c2ccccc2)CC3=O)c(C)c1. The molecule has 0 unspecified atom stereocenters. The average molecular weight is 343 g/mol. The van der Waals surface area contributed by atoms with E-state index in [2.05, 4.69) is 53.4 Å². The smallest absolute Gasteiger partial charge is 0.227 e. The second-order valence-corrected chi connectivity index (χ2v) is 6.94. The van der Waals surface area contributed by atoms with Gasteiger partial charge in [-0.3, -0.25) is 4.79 Å². The Morgan fingerprint density at radius 1 is 1.04 bits per heavy atom. The maximum atomic E-state index is 12.5. The van der Waals surface area contributed by atoms with Crippen LogP contribution >= 0.6 is 0 Å². The molecule has 0 aliphatic heterocycles. The van der Waals surface area contributed by atoms with Gasteiger partial charge in [0, 0.05) is 18.3 Å². The maximum absolute atomic E-state index is 12.5. The summed E-state index contributed by atoms with van der Waals surface area (Å²) in [5.41, 5.74) is 6.02. The highest BCUT2D eigenvalue weighted by molar-refractivity contribution is 5.98. The van der Waals surface area contributed by atoms with Crippen molar-refractivity contribution in [3.8, 4) is 0 Å². The van der Waals surface area contributed by atoms with E-state index in [0.717, 1.165) is 23.4 Å². The van der Waals surface area contributed by atoms with Gasteiger partial charge in [0.15, 0.2) is 5.78 Å². The molecule has 0 saturated heterocycles. The molecule has 0 bridgehead atoms. The van der Waals surface area contributed by atoms with Gasteiger partial charge >= 0.3 is 0 Å². The molecule has 3 aromatic rings. The van der Waals surface area contributed by atoms with E-state index in [1.165, 1.54) is 11.1 Å². The summed E-state index contributed by atoms with van der Waals surface area (Å²) >= 11 is 0. The number of Topliss-reactive ketones (excluding diaryl/α,β-unsaturated/α-hetero) is 1. The van der Waals surface area contributed by atoms with Crippen LogP contribution in [0.15, 0.2) is 54.7 Å². The summed E-state index contributed by atoms with van der Waals surface area (Å²) in [6.07, 6.45) is 2.94. The summed E-state index contributed by atoms with van der Waals surface area (Å²) in [5, 5.41) is 3.29. The van der Waals surface area contributed by atoms with Crippen LogP contribution in [0.5, 0.6) is 0 Å². The van der Waals surface area contributed by atoms with Crippen LogP contribution in [-0.2, 0) is 6.42 Å². The lowest BCUT2D eigenvalue weighted by molar-refractivity contribution is 0.0962. The molecule has 130 valence electrons. The second-order valence-electron chi connectivity index (χ2n) is 6.94. The van der Waals surface area contributed by atoms with Gasteiger partial charge in [-0.1, -0.05) is 48.0 Å². The molecule has 4 nitrogen and oxygen atoms in total. The first-order valence-corrected chi connectivity index (χ1v) is 8.88. The van der Waals surface area contributed by atoms with E-state index in [0.29, 0.717) is 17.9 Å². The third kappa shape index (κ3) is 3.23. The minimum absolute atomic E-state index is 0.123. The highest BCUT2D eigenvalue weighted by atomic mass is 16.1. The Morgan fingerprint density at radius 3 is 2.62 bits per heavy atom. The summed E-state index contributed by atoms with van der Waals surface area (Å²) < 4.78 is 0. The molecule has 1 heterocycles. The van der Waals surface area contributed by atoms with Gasteiger partial charge in [0.1, 0.15) is 0 Å². The van der Waals surface area contributed by atoms with Crippen molar-refractivity contribution >= 4 is 17.4 Å². The van der Waals surface area contributed by atoms with Crippen LogP contribution in [0.25, 0.3) is 0 Å². The van der Waals surface area contributed by atoms with Gasteiger partial charge in [0.05, 0.1) is 11.3 Å². The summed E-state index contributed by atoms with van der Waals surface area (Å²) in [4.78, 5) is 21.5. The molecule has 0 saturated carbocycles. The molecule has 4 heteroatoms. The Labute approximate surface area is 153 Å². The molecule has 26 heavy (non-hydrogen) atoms. The molecule has 4 rings (SSSR count). The van der Waals surface area contributed by atoms with E-state index >= 15 is 0 Å². The third-order valence-electron chi connectivity index (χ3n) is 4.94. The first kappa shape index (κ1) is 16.5. The molecular formula is C22H21N3O. The first-order chi connectivity index (χ1) is 12.6. The number of carbonyl (C=O) groups excluding carboxylic acids is 1. The number of fused-ring (bicyclic) bond motifs is 1. The lowest BCUT2D eigenvalue weighted by Crippen LogP contribution is -2.21. The Bertz CT molecular complexity index is 966. The molecule has 0 amide bonds. The molecule has 0 radical (unpaired) electrons. The van der Waals surface area contributed by atoms with Crippen molar-refractivity contribution in [2.75, 3.05) is 5.32 Å². The Balaban J connectivity index is 1.63. The number of ketones is 1. The summed E-state index contributed by atoms with van der Waals surface area (Å²) in [6, 6.07) is 16.4. The zero-order valence-electron chi connectivity index (χ0n) is 15.0. The number of rotatable bonds is 3. The molecule has 0 fully saturated rings. The minimum atomic E-state index is 0.123. The number of carbonyl (C=O) groups is 1. The van der Waals surface area contributed by atoms with Crippen LogP contribution in [0.2, 0.25) is 0 Å². The monoisotopic (exact) mass is 343 g/mol. The number of hydrogen-bond acceptors (Lipinski definition) is 4. The maximum Gasteiger partial charge on any atom is 0.227 e. The predicted octanol–water partition coefficient (Wildman–Crippen LogP) is 4.75. The molecule has 2 aromatic carbocycles. The average Bonchev–Trinajstić information content (AvgIpc) is 2.64.